The molecule has 1 aliphatic rings. The highest BCUT2D eigenvalue weighted by Crippen LogP contribution is 2.17. The summed E-state index contributed by atoms with van der Waals surface area (Å²) in [6.45, 7) is 7.27. The number of hydrogen-bond donors (Lipinski definition) is 0. The summed E-state index contributed by atoms with van der Waals surface area (Å²) in [5.74, 6) is 0.341. The van der Waals surface area contributed by atoms with Crippen molar-refractivity contribution in [3.8, 4) is 11.4 Å². The van der Waals surface area contributed by atoms with Crippen LogP contribution in [-0.4, -0.2) is 63.7 Å². The number of carbonyl (C=O) groups is 2. The molecule has 29 heavy (non-hydrogen) atoms. The van der Waals surface area contributed by atoms with Gasteiger partial charge in [-0.15, -0.1) is 0 Å². The first kappa shape index (κ1) is 20.8. The van der Waals surface area contributed by atoms with Crippen molar-refractivity contribution >= 4 is 12.0 Å². The average Bonchev–Trinajstić information content (AvgIpc) is 3.14. The van der Waals surface area contributed by atoms with Gasteiger partial charge in [0.25, 0.3) is 0 Å². The topological polar surface area (TPSA) is 88.8 Å². The first-order valence-corrected chi connectivity index (χ1v) is 9.55. The van der Waals surface area contributed by atoms with Crippen LogP contribution in [-0.2, 0) is 16.0 Å². The fourth-order valence-corrected chi connectivity index (χ4v) is 2.91. The molecular weight excluding hydrogens is 379 g/mol. The molecule has 156 valence electrons. The number of halogens is 1. The van der Waals surface area contributed by atoms with Gasteiger partial charge in [0.2, 0.25) is 17.6 Å². The molecule has 0 bridgehead atoms. The van der Waals surface area contributed by atoms with Crippen LogP contribution in [0.1, 0.15) is 33.1 Å². The summed E-state index contributed by atoms with van der Waals surface area (Å²) >= 11 is 0. The quantitative estimate of drug-likeness (QED) is 0.779. The Labute approximate surface area is 168 Å². The van der Waals surface area contributed by atoms with E-state index >= 15 is 0 Å². The van der Waals surface area contributed by atoms with Crippen molar-refractivity contribution in [3.63, 3.8) is 0 Å². The van der Waals surface area contributed by atoms with Crippen molar-refractivity contribution in [2.24, 2.45) is 0 Å². The van der Waals surface area contributed by atoms with Crippen molar-refractivity contribution in [3.05, 3.63) is 36.0 Å². The van der Waals surface area contributed by atoms with E-state index in [1.165, 1.54) is 12.1 Å². The zero-order valence-electron chi connectivity index (χ0n) is 16.9. The molecule has 1 aromatic carbocycles. The number of nitrogens with zero attached hydrogens (tertiary/aromatic N) is 4. The maximum Gasteiger partial charge on any atom is 0.410 e. The van der Waals surface area contributed by atoms with Crippen LogP contribution in [0.15, 0.2) is 28.8 Å². The molecule has 2 amide bonds. The minimum absolute atomic E-state index is 0.0321. The molecule has 0 N–H and O–H groups in total. The highest BCUT2D eigenvalue weighted by molar-refractivity contribution is 5.77. The molecule has 0 radical (unpaired) electrons. The summed E-state index contributed by atoms with van der Waals surface area (Å²) < 4.78 is 23.5. The molecule has 2 aromatic rings. The molecule has 0 aliphatic carbocycles. The van der Waals surface area contributed by atoms with Crippen molar-refractivity contribution in [2.45, 2.75) is 39.2 Å². The number of carbonyl (C=O) groups excluding carboxylic acids is 2. The smallest absolute Gasteiger partial charge is 0.410 e. The third-order valence-corrected chi connectivity index (χ3v) is 4.41. The number of aromatic nitrogens is 2. The van der Waals surface area contributed by atoms with Gasteiger partial charge in [-0.2, -0.15) is 4.98 Å². The molecule has 8 nitrogen and oxygen atoms in total. The predicted molar refractivity (Wildman–Crippen MR) is 102 cm³/mol. The second-order valence-electron chi connectivity index (χ2n) is 7.87. The number of piperazine rings is 1. The fraction of sp³-hybridized carbons (Fsp3) is 0.500. The van der Waals surface area contributed by atoms with Crippen LogP contribution in [0.25, 0.3) is 11.4 Å². The van der Waals surface area contributed by atoms with Gasteiger partial charge in [-0.1, -0.05) is 5.16 Å². The Morgan fingerprint density at radius 3 is 2.34 bits per heavy atom. The molecule has 1 aliphatic heterocycles. The second kappa shape index (κ2) is 8.59. The third kappa shape index (κ3) is 5.75. The van der Waals surface area contributed by atoms with Crippen LogP contribution in [0.3, 0.4) is 0 Å². The Kier molecular flexibility index (Phi) is 6.14. The van der Waals surface area contributed by atoms with Gasteiger partial charge in [-0.05, 0) is 45.0 Å². The summed E-state index contributed by atoms with van der Waals surface area (Å²) in [6.07, 6.45) is 0.195. The summed E-state index contributed by atoms with van der Waals surface area (Å²) in [5, 5.41) is 3.87. The van der Waals surface area contributed by atoms with Crippen LogP contribution in [0.2, 0.25) is 0 Å². The Hall–Kier alpha value is -2.97. The van der Waals surface area contributed by atoms with E-state index in [1.807, 2.05) is 20.8 Å². The van der Waals surface area contributed by atoms with E-state index in [1.54, 1.807) is 21.9 Å². The van der Waals surface area contributed by atoms with Gasteiger partial charge >= 0.3 is 6.09 Å². The van der Waals surface area contributed by atoms with Crippen LogP contribution >= 0.6 is 0 Å². The van der Waals surface area contributed by atoms with Gasteiger partial charge in [0.1, 0.15) is 11.4 Å². The summed E-state index contributed by atoms with van der Waals surface area (Å²) in [4.78, 5) is 32.1. The number of rotatable bonds is 4. The highest BCUT2D eigenvalue weighted by atomic mass is 19.1. The molecule has 1 fully saturated rings. The van der Waals surface area contributed by atoms with Crippen LogP contribution in [0.5, 0.6) is 0 Å². The molecule has 1 aromatic heterocycles. The molecule has 0 spiro atoms. The van der Waals surface area contributed by atoms with Crippen LogP contribution in [0.4, 0.5) is 9.18 Å². The first-order chi connectivity index (χ1) is 13.7. The predicted octanol–water partition coefficient (Wildman–Crippen LogP) is 2.89. The minimum Gasteiger partial charge on any atom is -0.444 e. The zero-order valence-corrected chi connectivity index (χ0v) is 16.9. The Morgan fingerprint density at radius 2 is 1.72 bits per heavy atom. The lowest BCUT2D eigenvalue weighted by Gasteiger charge is -2.35. The van der Waals surface area contributed by atoms with E-state index in [4.69, 9.17) is 9.26 Å². The number of hydrogen-bond acceptors (Lipinski definition) is 6. The summed E-state index contributed by atoms with van der Waals surface area (Å²) in [7, 11) is 0. The largest absolute Gasteiger partial charge is 0.444 e. The molecule has 0 saturated carbocycles. The summed E-state index contributed by atoms with van der Waals surface area (Å²) in [6, 6.07) is 5.79. The zero-order chi connectivity index (χ0) is 21.0. The van der Waals surface area contributed by atoms with E-state index < -0.39 is 5.60 Å². The van der Waals surface area contributed by atoms with Crippen LogP contribution in [0, 0.1) is 5.82 Å². The molecule has 2 heterocycles. The molecule has 9 heteroatoms. The molecule has 3 rings (SSSR count). The summed E-state index contributed by atoms with van der Waals surface area (Å²) in [5.41, 5.74) is 0.104. The van der Waals surface area contributed by atoms with E-state index in [-0.39, 0.29) is 24.2 Å². The van der Waals surface area contributed by atoms with E-state index in [9.17, 15) is 14.0 Å². The SMILES string of the molecule is CC(C)(C)OC(=O)N1CCN(C(=O)CCc2nc(-c3ccc(F)cc3)no2)CC1. The van der Waals surface area contributed by atoms with Crippen LogP contribution < -0.4 is 0 Å². The lowest BCUT2D eigenvalue weighted by molar-refractivity contribution is -0.133. The maximum absolute atomic E-state index is 13.0. The molecule has 0 atom stereocenters. The Morgan fingerprint density at radius 1 is 1.10 bits per heavy atom. The minimum atomic E-state index is -0.541. The third-order valence-electron chi connectivity index (χ3n) is 4.41. The second-order valence-corrected chi connectivity index (χ2v) is 7.87. The molecular formula is C20H25FN4O4. The van der Waals surface area contributed by atoms with Gasteiger partial charge in [-0.3, -0.25) is 4.79 Å². The monoisotopic (exact) mass is 404 g/mol. The van der Waals surface area contributed by atoms with E-state index in [2.05, 4.69) is 10.1 Å². The van der Waals surface area contributed by atoms with Gasteiger partial charge in [0, 0.05) is 44.6 Å². The normalized spacial score (nSPS) is 14.8. The molecule has 0 unspecified atom stereocenters. The highest BCUT2D eigenvalue weighted by Gasteiger charge is 2.27. The fourth-order valence-electron chi connectivity index (χ4n) is 2.91. The lowest BCUT2D eigenvalue weighted by atomic mass is 10.2. The van der Waals surface area contributed by atoms with Crippen molar-refractivity contribution < 1.29 is 23.2 Å². The first-order valence-electron chi connectivity index (χ1n) is 9.55. The number of aryl methyl sites for hydroxylation is 1. The Bertz CT molecular complexity index is 852. The van der Waals surface area contributed by atoms with Crippen molar-refractivity contribution in [1.29, 1.82) is 0 Å². The standard InChI is InChI=1S/C20H25FN4O4/c1-20(2,3)28-19(27)25-12-10-24(11-13-25)17(26)9-8-16-22-18(23-29-16)14-4-6-15(21)7-5-14/h4-7H,8-13H2,1-3H3. The van der Waals surface area contributed by atoms with Gasteiger partial charge in [-0.25, -0.2) is 9.18 Å². The number of amides is 2. The van der Waals surface area contributed by atoms with Crippen molar-refractivity contribution in [2.75, 3.05) is 26.2 Å². The van der Waals surface area contributed by atoms with Gasteiger partial charge in [0.15, 0.2) is 0 Å². The maximum atomic E-state index is 13.0. The van der Waals surface area contributed by atoms with Gasteiger partial charge < -0.3 is 19.1 Å². The molecule has 1 saturated heterocycles. The van der Waals surface area contributed by atoms with Gasteiger partial charge in [0.05, 0.1) is 0 Å². The van der Waals surface area contributed by atoms with E-state index in [0.29, 0.717) is 49.9 Å². The Balaban J connectivity index is 1.46. The average molecular weight is 404 g/mol. The number of benzene rings is 1. The lowest BCUT2D eigenvalue weighted by Crippen LogP contribution is -2.51. The van der Waals surface area contributed by atoms with E-state index in [0.717, 1.165) is 0 Å². The number of ether oxygens (including phenoxy) is 1. The van der Waals surface area contributed by atoms with Crippen molar-refractivity contribution in [1.82, 2.24) is 19.9 Å².